The molecular formula is C15H18ClN3O. The molecule has 3 rings (SSSR count). The van der Waals surface area contributed by atoms with Crippen LogP contribution in [0.3, 0.4) is 0 Å². The van der Waals surface area contributed by atoms with Crippen LogP contribution in [-0.4, -0.2) is 35.8 Å². The molecule has 0 radical (unpaired) electrons. The lowest BCUT2D eigenvalue weighted by Crippen LogP contribution is -2.42. The van der Waals surface area contributed by atoms with Crippen LogP contribution in [0.2, 0.25) is 0 Å². The molecule has 1 fully saturated rings. The molecule has 106 valence electrons. The molecule has 0 amide bonds. The average Bonchev–Trinajstić information content (AvgIpc) is 2.49. The van der Waals surface area contributed by atoms with Crippen LogP contribution < -0.4 is 5.32 Å². The second-order valence-electron chi connectivity index (χ2n) is 4.72. The van der Waals surface area contributed by atoms with Gasteiger partial charge in [0.2, 0.25) is 0 Å². The SMILES string of the molecule is Cl.c1cc(C[C@@H]2COCCN2)cc(-c2cnccn2)c1. The number of hydrogen-bond donors (Lipinski definition) is 1. The highest BCUT2D eigenvalue weighted by Gasteiger charge is 2.13. The van der Waals surface area contributed by atoms with E-state index >= 15 is 0 Å². The molecule has 2 aromatic rings. The number of morpholine rings is 1. The maximum Gasteiger partial charge on any atom is 0.0885 e. The Kier molecular flexibility index (Phi) is 5.47. The van der Waals surface area contributed by atoms with Crippen molar-refractivity contribution in [2.24, 2.45) is 0 Å². The van der Waals surface area contributed by atoms with E-state index < -0.39 is 0 Å². The van der Waals surface area contributed by atoms with Gasteiger partial charge in [-0.05, 0) is 18.1 Å². The van der Waals surface area contributed by atoms with Crippen LogP contribution in [0.5, 0.6) is 0 Å². The second-order valence-corrected chi connectivity index (χ2v) is 4.72. The summed E-state index contributed by atoms with van der Waals surface area (Å²) in [4.78, 5) is 8.45. The first-order valence-electron chi connectivity index (χ1n) is 6.58. The molecular weight excluding hydrogens is 274 g/mol. The Balaban J connectivity index is 0.00000147. The average molecular weight is 292 g/mol. The van der Waals surface area contributed by atoms with Crippen LogP contribution in [-0.2, 0) is 11.2 Å². The zero-order chi connectivity index (χ0) is 12.9. The van der Waals surface area contributed by atoms with Gasteiger partial charge in [-0.15, -0.1) is 12.4 Å². The van der Waals surface area contributed by atoms with Gasteiger partial charge in [-0.1, -0.05) is 18.2 Å². The monoisotopic (exact) mass is 291 g/mol. The van der Waals surface area contributed by atoms with Gasteiger partial charge in [0, 0.05) is 30.5 Å². The van der Waals surface area contributed by atoms with Crippen molar-refractivity contribution in [3.8, 4) is 11.3 Å². The summed E-state index contributed by atoms with van der Waals surface area (Å²) in [7, 11) is 0. The number of halogens is 1. The fourth-order valence-electron chi connectivity index (χ4n) is 2.34. The third kappa shape index (κ3) is 3.76. The fraction of sp³-hybridized carbons (Fsp3) is 0.333. The number of benzene rings is 1. The standard InChI is InChI=1S/C15H17N3O.ClH/c1-2-12(9-14-11-19-7-6-17-14)8-13(3-1)15-10-16-4-5-18-15;/h1-5,8,10,14,17H,6-7,9,11H2;1H/t14-;/m1./s1. The largest absolute Gasteiger partial charge is 0.379 e. The maximum absolute atomic E-state index is 5.48. The van der Waals surface area contributed by atoms with E-state index in [1.54, 1.807) is 18.6 Å². The van der Waals surface area contributed by atoms with E-state index in [1.807, 2.05) is 0 Å². The van der Waals surface area contributed by atoms with Crippen molar-refractivity contribution < 1.29 is 4.74 Å². The number of nitrogens with one attached hydrogen (secondary N) is 1. The molecule has 1 aromatic carbocycles. The number of hydrogen-bond acceptors (Lipinski definition) is 4. The Morgan fingerprint density at radius 2 is 2.25 bits per heavy atom. The van der Waals surface area contributed by atoms with Gasteiger partial charge in [-0.2, -0.15) is 0 Å². The Morgan fingerprint density at radius 3 is 3.00 bits per heavy atom. The lowest BCUT2D eigenvalue weighted by molar-refractivity contribution is 0.0770. The molecule has 0 aliphatic carbocycles. The van der Waals surface area contributed by atoms with E-state index in [1.165, 1.54) is 5.56 Å². The zero-order valence-corrected chi connectivity index (χ0v) is 12.0. The van der Waals surface area contributed by atoms with Gasteiger partial charge in [-0.25, -0.2) is 0 Å². The van der Waals surface area contributed by atoms with Crippen LogP contribution in [0.1, 0.15) is 5.56 Å². The lowest BCUT2D eigenvalue weighted by atomic mass is 10.0. The van der Waals surface area contributed by atoms with E-state index in [-0.39, 0.29) is 12.4 Å². The number of rotatable bonds is 3. The van der Waals surface area contributed by atoms with E-state index in [0.29, 0.717) is 6.04 Å². The molecule has 0 saturated carbocycles. The predicted octanol–water partition coefficient (Wildman–Crippen LogP) is 2.10. The molecule has 0 bridgehead atoms. The summed E-state index contributed by atoms with van der Waals surface area (Å²) >= 11 is 0. The van der Waals surface area contributed by atoms with Crippen LogP contribution in [0.15, 0.2) is 42.9 Å². The summed E-state index contributed by atoms with van der Waals surface area (Å²) in [6.07, 6.45) is 6.18. The molecule has 0 spiro atoms. The Labute approximate surface area is 125 Å². The van der Waals surface area contributed by atoms with E-state index in [0.717, 1.165) is 37.4 Å². The van der Waals surface area contributed by atoms with Gasteiger partial charge < -0.3 is 10.1 Å². The van der Waals surface area contributed by atoms with Crippen molar-refractivity contribution in [3.63, 3.8) is 0 Å². The van der Waals surface area contributed by atoms with E-state index in [9.17, 15) is 0 Å². The van der Waals surface area contributed by atoms with Crippen LogP contribution in [0, 0.1) is 0 Å². The molecule has 1 saturated heterocycles. The zero-order valence-electron chi connectivity index (χ0n) is 11.2. The molecule has 5 heteroatoms. The normalized spacial score (nSPS) is 18.3. The van der Waals surface area contributed by atoms with Gasteiger partial charge in [0.25, 0.3) is 0 Å². The first-order valence-corrected chi connectivity index (χ1v) is 6.58. The Morgan fingerprint density at radius 1 is 1.30 bits per heavy atom. The van der Waals surface area contributed by atoms with Crippen LogP contribution in [0.25, 0.3) is 11.3 Å². The van der Waals surface area contributed by atoms with Gasteiger partial charge >= 0.3 is 0 Å². The van der Waals surface area contributed by atoms with Crippen molar-refractivity contribution in [1.29, 1.82) is 0 Å². The molecule has 20 heavy (non-hydrogen) atoms. The number of aromatic nitrogens is 2. The topological polar surface area (TPSA) is 47.0 Å². The van der Waals surface area contributed by atoms with Crippen molar-refractivity contribution >= 4 is 12.4 Å². The minimum absolute atomic E-state index is 0. The first-order chi connectivity index (χ1) is 9.42. The minimum atomic E-state index is 0. The molecule has 1 aromatic heterocycles. The van der Waals surface area contributed by atoms with Crippen LogP contribution in [0.4, 0.5) is 0 Å². The quantitative estimate of drug-likeness (QED) is 0.941. The van der Waals surface area contributed by atoms with Crippen molar-refractivity contribution in [1.82, 2.24) is 15.3 Å². The molecule has 1 aliphatic rings. The predicted molar refractivity (Wildman–Crippen MR) is 81.0 cm³/mol. The summed E-state index contributed by atoms with van der Waals surface area (Å²) in [5.74, 6) is 0. The summed E-state index contributed by atoms with van der Waals surface area (Å²) < 4.78 is 5.48. The van der Waals surface area contributed by atoms with E-state index in [4.69, 9.17) is 4.74 Å². The van der Waals surface area contributed by atoms with E-state index in [2.05, 4.69) is 39.6 Å². The minimum Gasteiger partial charge on any atom is -0.379 e. The molecule has 4 nitrogen and oxygen atoms in total. The fourth-order valence-corrected chi connectivity index (χ4v) is 2.34. The van der Waals surface area contributed by atoms with Gasteiger partial charge in [0.1, 0.15) is 0 Å². The molecule has 1 N–H and O–H groups in total. The third-order valence-corrected chi connectivity index (χ3v) is 3.27. The van der Waals surface area contributed by atoms with Gasteiger partial charge in [0.15, 0.2) is 0 Å². The third-order valence-electron chi connectivity index (χ3n) is 3.27. The molecule has 0 unspecified atom stereocenters. The highest BCUT2D eigenvalue weighted by atomic mass is 35.5. The molecule has 1 aliphatic heterocycles. The van der Waals surface area contributed by atoms with Crippen LogP contribution >= 0.6 is 12.4 Å². The Bertz CT molecular complexity index is 530. The number of nitrogens with zero attached hydrogens (tertiary/aromatic N) is 2. The summed E-state index contributed by atoms with van der Waals surface area (Å²) in [6, 6.07) is 8.88. The highest BCUT2D eigenvalue weighted by molar-refractivity contribution is 5.85. The smallest absolute Gasteiger partial charge is 0.0885 e. The van der Waals surface area contributed by atoms with Crippen molar-refractivity contribution in [2.75, 3.05) is 19.8 Å². The summed E-state index contributed by atoms with van der Waals surface area (Å²) in [5, 5.41) is 3.47. The van der Waals surface area contributed by atoms with Gasteiger partial charge in [-0.3, -0.25) is 9.97 Å². The molecule has 1 atom stereocenters. The first kappa shape index (κ1) is 14.9. The number of ether oxygens (including phenoxy) is 1. The second kappa shape index (κ2) is 7.33. The molecule has 2 heterocycles. The summed E-state index contributed by atoms with van der Waals surface area (Å²) in [6.45, 7) is 2.54. The maximum atomic E-state index is 5.48. The Hall–Kier alpha value is -1.49. The highest BCUT2D eigenvalue weighted by Crippen LogP contribution is 2.18. The van der Waals surface area contributed by atoms with Crippen molar-refractivity contribution in [3.05, 3.63) is 48.4 Å². The lowest BCUT2D eigenvalue weighted by Gasteiger charge is -2.23. The van der Waals surface area contributed by atoms with Gasteiger partial charge in [0.05, 0.1) is 25.1 Å². The summed E-state index contributed by atoms with van der Waals surface area (Å²) in [5.41, 5.74) is 3.32. The van der Waals surface area contributed by atoms with Crippen molar-refractivity contribution in [2.45, 2.75) is 12.5 Å².